The summed E-state index contributed by atoms with van der Waals surface area (Å²) in [5.74, 6) is 1.74. The van der Waals surface area contributed by atoms with Crippen LogP contribution in [0.4, 0.5) is 5.69 Å². The summed E-state index contributed by atoms with van der Waals surface area (Å²) in [5.41, 5.74) is 6.50. The predicted molar refractivity (Wildman–Crippen MR) is 95.3 cm³/mol. The number of amides is 2. The zero-order valence-electron chi connectivity index (χ0n) is 13.6. The van der Waals surface area contributed by atoms with Gasteiger partial charge < -0.3 is 20.7 Å². The van der Waals surface area contributed by atoms with E-state index in [1.807, 2.05) is 16.7 Å². The standard InChI is InChI=1S/C17H23N3O3S/c18-17(4-8-23-9-5-17)16(22)19-14-3-1-2-13(12-14)15(21)20-6-10-24-11-7-20/h1-3,12H,4-11,18H2,(H,19,22). The Hall–Kier alpha value is -1.57. The first kappa shape index (κ1) is 17.3. The van der Waals surface area contributed by atoms with Gasteiger partial charge in [0.05, 0.1) is 0 Å². The second kappa shape index (κ2) is 7.55. The van der Waals surface area contributed by atoms with Crippen molar-refractivity contribution >= 4 is 29.3 Å². The topological polar surface area (TPSA) is 84.7 Å². The number of hydrogen-bond acceptors (Lipinski definition) is 5. The number of thioether (sulfide) groups is 1. The maximum absolute atomic E-state index is 12.6. The third kappa shape index (κ3) is 3.91. The zero-order valence-corrected chi connectivity index (χ0v) is 14.4. The Labute approximate surface area is 146 Å². The lowest BCUT2D eigenvalue weighted by Gasteiger charge is -2.31. The fourth-order valence-electron chi connectivity index (χ4n) is 2.90. The van der Waals surface area contributed by atoms with Gasteiger partial charge in [0, 0.05) is 49.1 Å². The van der Waals surface area contributed by atoms with Crippen molar-refractivity contribution in [3.8, 4) is 0 Å². The van der Waals surface area contributed by atoms with Gasteiger partial charge in [-0.1, -0.05) is 6.07 Å². The Morgan fingerprint density at radius 1 is 1.21 bits per heavy atom. The molecule has 0 unspecified atom stereocenters. The van der Waals surface area contributed by atoms with E-state index in [2.05, 4.69) is 5.32 Å². The molecule has 2 heterocycles. The molecule has 2 aliphatic rings. The first-order valence-electron chi connectivity index (χ1n) is 8.24. The molecule has 3 N–H and O–H groups in total. The number of hydrogen-bond donors (Lipinski definition) is 2. The van der Waals surface area contributed by atoms with Crippen molar-refractivity contribution in [1.29, 1.82) is 0 Å². The van der Waals surface area contributed by atoms with E-state index in [4.69, 9.17) is 10.5 Å². The number of benzene rings is 1. The molecule has 2 aliphatic heterocycles. The third-order valence-electron chi connectivity index (χ3n) is 4.50. The highest BCUT2D eigenvalue weighted by Crippen LogP contribution is 2.21. The maximum Gasteiger partial charge on any atom is 0.253 e. The minimum absolute atomic E-state index is 0.0138. The third-order valence-corrected chi connectivity index (χ3v) is 5.45. The lowest BCUT2D eigenvalue weighted by atomic mass is 9.90. The Balaban J connectivity index is 1.68. The van der Waals surface area contributed by atoms with E-state index in [1.54, 1.807) is 24.3 Å². The molecule has 2 fully saturated rings. The normalized spacial score (nSPS) is 20.5. The molecule has 6 nitrogen and oxygen atoms in total. The molecule has 0 atom stereocenters. The molecule has 2 amide bonds. The van der Waals surface area contributed by atoms with Gasteiger partial charge in [-0.15, -0.1) is 0 Å². The molecule has 3 rings (SSSR count). The summed E-state index contributed by atoms with van der Waals surface area (Å²) in [5, 5.41) is 2.86. The molecule has 1 aromatic rings. The zero-order chi connectivity index (χ0) is 17.0. The molecule has 1 aromatic carbocycles. The first-order valence-corrected chi connectivity index (χ1v) is 9.39. The van der Waals surface area contributed by atoms with Crippen LogP contribution in [0.25, 0.3) is 0 Å². The SMILES string of the molecule is NC1(C(=O)Nc2cccc(C(=O)N3CCSCC3)c2)CCOCC1. The number of nitrogens with zero attached hydrogens (tertiary/aromatic N) is 1. The Kier molecular flexibility index (Phi) is 5.43. The van der Waals surface area contributed by atoms with Crippen LogP contribution in [-0.4, -0.2) is 60.1 Å². The van der Waals surface area contributed by atoms with Gasteiger partial charge >= 0.3 is 0 Å². The monoisotopic (exact) mass is 349 g/mol. The summed E-state index contributed by atoms with van der Waals surface area (Å²) in [7, 11) is 0. The molecule has 7 heteroatoms. The van der Waals surface area contributed by atoms with E-state index in [0.717, 1.165) is 24.6 Å². The number of rotatable bonds is 3. The van der Waals surface area contributed by atoms with Crippen molar-refractivity contribution < 1.29 is 14.3 Å². The van der Waals surface area contributed by atoms with E-state index in [1.165, 1.54) is 0 Å². The fourth-order valence-corrected chi connectivity index (χ4v) is 3.80. The highest BCUT2D eigenvalue weighted by Gasteiger charge is 2.36. The van der Waals surface area contributed by atoms with Crippen LogP contribution in [0.5, 0.6) is 0 Å². The van der Waals surface area contributed by atoms with E-state index in [0.29, 0.717) is 37.3 Å². The molecule has 0 aromatic heterocycles. The Morgan fingerprint density at radius 3 is 2.62 bits per heavy atom. The van der Waals surface area contributed by atoms with Crippen LogP contribution in [0.2, 0.25) is 0 Å². The van der Waals surface area contributed by atoms with E-state index in [9.17, 15) is 9.59 Å². The van der Waals surface area contributed by atoms with Crippen molar-refractivity contribution in [2.75, 3.05) is 43.1 Å². The first-order chi connectivity index (χ1) is 11.6. The Bertz CT molecular complexity index is 611. The van der Waals surface area contributed by atoms with Gasteiger partial charge in [-0.05, 0) is 31.0 Å². The van der Waals surface area contributed by atoms with E-state index in [-0.39, 0.29) is 11.8 Å². The van der Waals surface area contributed by atoms with Gasteiger partial charge in [-0.25, -0.2) is 0 Å². The van der Waals surface area contributed by atoms with Crippen molar-refractivity contribution in [3.63, 3.8) is 0 Å². The number of nitrogens with two attached hydrogens (primary N) is 1. The van der Waals surface area contributed by atoms with Gasteiger partial charge in [0.15, 0.2) is 0 Å². The van der Waals surface area contributed by atoms with Crippen LogP contribution in [0.15, 0.2) is 24.3 Å². The summed E-state index contributed by atoms with van der Waals surface area (Å²) < 4.78 is 5.27. The van der Waals surface area contributed by atoms with Crippen LogP contribution < -0.4 is 11.1 Å². The predicted octanol–water partition coefficient (Wildman–Crippen LogP) is 1.32. The number of nitrogens with one attached hydrogen (secondary N) is 1. The summed E-state index contributed by atoms with van der Waals surface area (Å²) >= 11 is 1.86. The lowest BCUT2D eigenvalue weighted by Crippen LogP contribution is -2.54. The van der Waals surface area contributed by atoms with Crippen molar-refractivity contribution in [2.45, 2.75) is 18.4 Å². The number of carbonyl (C=O) groups is 2. The molecule has 130 valence electrons. The van der Waals surface area contributed by atoms with Crippen LogP contribution >= 0.6 is 11.8 Å². The quantitative estimate of drug-likeness (QED) is 0.860. The van der Waals surface area contributed by atoms with Crippen LogP contribution in [0.3, 0.4) is 0 Å². The maximum atomic E-state index is 12.6. The molecule has 0 spiro atoms. The fraction of sp³-hybridized carbons (Fsp3) is 0.529. The smallest absolute Gasteiger partial charge is 0.253 e. The summed E-state index contributed by atoms with van der Waals surface area (Å²) in [6, 6.07) is 7.08. The second-order valence-electron chi connectivity index (χ2n) is 6.21. The second-order valence-corrected chi connectivity index (χ2v) is 7.43. The molecular formula is C17H23N3O3S. The average Bonchev–Trinajstić information content (AvgIpc) is 2.62. The number of anilines is 1. The lowest BCUT2D eigenvalue weighted by molar-refractivity contribution is -0.124. The number of ether oxygens (including phenoxy) is 1. The minimum Gasteiger partial charge on any atom is -0.381 e. The van der Waals surface area contributed by atoms with E-state index >= 15 is 0 Å². The van der Waals surface area contributed by atoms with Gasteiger partial charge in [-0.3, -0.25) is 9.59 Å². The largest absolute Gasteiger partial charge is 0.381 e. The van der Waals surface area contributed by atoms with Gasteiger partial charge in [0.1, 0.15) is 5.54 Å². The van der Waals surface area contributed by atoms with Crippen molar-refractivity contribution in [3.05, 3.63) is 29.8 Å². The molecule has 0 radical (unpaired) electrons. The summed E-state index contributed by atoms with van der Waals surface area (Å²) in [6.45, 7) is 2.53. The van der Waals surface area contributed by atoms with Crippen LogP contribution in [-0.2, 0) is 9.53 Å². The molecule has 0 saturated carbocycles. The highest BCUT2D eigenvalue weighted by molar-refractivity contribution is 7.99. The van der Waals surface area contributed by atoms with Gasteiger partial charge in [0.25, 0.3) is 5.91 Å². The highest BCUT2D eigenvalue weighted by atomic mass is 32.2. The van der Waals surface area contributed by atoms with E-state index < -0.39 is 5.54 Å². The molecule has 24 heavy (non-hydrogen) atoms. The molecule has 2 saturated heterocycles. The average molecular weight is 349 g/mol. The molecule has 0 aliphatic carbocycles. The summed E-state index contributed by atoms with van der Waals surface area (Å²) in [4.78, 5) is 26.9. The van der Waals surface area contributed by atoms with Gasteiger partial charge in [-0.2, -0.15) is 11.8 Å². The van der Waals surface area contributed by atoms with Gasteiger partial charge in [0.2, 0.25) is 5.91 Å². The minimum atomic E-state index is -0.900. The Morgan fingerprint density at radius 2 is 1.92 bits per heavy atom. The molecular weight excluding hydrogens is 326 g/mol. The summed E-state index contributed by atoms with van der Waals surface area (Å²) in [6.07, 6.45) is 1.01. The van der Waals surface area contributed by atoms with Crippen LogP contribution in [0.1, 0.15) is 23.2 Å². The number of carbonyl (C=O) groups excluding carboxylic acids is 2. The molecule has 0 bridgehead atoms. The van der Waals surface area contributed by atoms with Crippen molar-refractivity contribution in [2.24, 2.45) is 5.73 Å². The van der Waals surface area contributed by atoms with Crippen LogP contribution in [0, 0.1) is 0 Å². The van der Waals surface area contributed by atoms with Crippen molar-refractivity contribution in [1.82, 2.24) is 4.90 Å².